The molecule has 7 rings (SSSR count). The molecule has 0 aliphatic carbocycles. The molecule has 36 heavy (non-hydrogen) atoms. The van der Waals surface area contributed by atoms with Crippen molar-refractivity contribution in [3.05, 3.63) is 80.1 Å². The molecule has 4 nitrogen and oxygen atoms in total. The van der Waals surface area contributed by atoms with Crippen molar-refractivity contribution in [3.63, 3.8) is 0 Å². The smallest absolute Gasteiger partial charge is 0.234 e. The van der Waals surface area contributed by atoms with Gasteiger partial charge in [0, 0.05) is 32.3 Å². The van der Waals surface area contributed by atoms with E-state index >= 15 is 0 Å². The van der Waals surface area contributed by atoms with Crippen LogP contribution in [0.2, 0.25) is 0 Å². The summed E-state index contributed by atoms with van der Waals surface area (Å²) in [4.78, 5) is 37.3. The monoisotopic (exact) mass is 470 g/mol. The highest BCUT2D eigenvalue weighted by Crippen LogP contribution is 2.48. The van der Waals surface area contributed by atoms with Gasteiger partial charge in [-0.05, 0) is 44.9 Å². The van der Waals surface area contributed by atoms with Crippen LogP contribution in [0.5, 0.6) is 0 Å². The van der Waals surface area contributed by atoms with E-state index < -0.39 is 10.9 Å². The summed E-state index contributed by atoms with van der Waals surface area (Å²) < 4.78 is 0. The molecule has 0 fully saturated rings. The van der Waals surface area contributed by atoms with Crippen LogP contribution < -0.4 is 10.9 Å². The van der Waals surface area contributed by atoms with Gasteiger partial charge in [-0.2, -0.15) is 0 Å². The molecule has 7 aromatic rings. The molecule has 4 heteroatoms. The summed E-state index contributed by atoms with van der Waals surface area (Å²) in [6.07, 6.45) is 0. The predicted molar refractivity (Wildman–Crippen MR) is 151 cm³/mol. The first kappa shape index (κ1) is 21.4. The van der Waals surface area contributed by atoms with Gasteiger partial charge in [-0.1, -0.05) is 77.9 Å². The van der Waals surface area contributed by atoms with Crippen molar-refractivity contribution in [3.8, 4) is 0 Å². The van der Waals surface area contributed by atoms with Gasteiger partial charge in [0.25, 0.3) is 0 Å². The Bertz CT molecular complexity index is 2150. The van der Waals surface area contributed by atoms with E-state index in [1.165, 1.54) is 0 Å². The fourth-order valence-corrected chi connectivity index (χ4v) is 6.20. The van der Waals surface area contributed by atoms with Gasteiger partial charge in [0.15, 0.2) is 0 Å². The minimum atomic E-state index is -0.408. The number of hydrogen-bond donors (Lipinski definition) is 0. The van der Waals surface area contributed by atoms with Crippen molar-refractivity contribution >= 4 is 65.2 Å². The van der Waals surface area contributed by atoms with Gasteiger partial charge < -0.3 is 0 Å². The summed E-state index contributed by atoms with van der Waals surface area (Å²) in [6.45, 7) is 12.8. The lowest BCUT2D eigenvalue weighted by Crippen LogP contribution is -2.20. The number of rotatable bonds is 0. The van der Waals surface area contributed by atoms with E-state index in [4.69, 9.17) is 9.97 Å². The third-order valence-electron chi connectivity index (χ3n) is 7.77. The minimum absolute atomic E-state index is 0.147. The molecular formula is C32H26N2O2. The van der Waals surface area contributed by atoms with Crippen LogP contribution in [0.15, 0.2) is 58.1 Å². The minimum Gasteiger partial charge on any atom is -0.285 e. The van der Waals surface area contributed by atoms with Crippen LogP contribution in [0.25, 0.3) is 65.2 Å². The zero-order chi connectivity index (χ0) is 25.3. The van der Waals surface area contributed by atoms with Crippen LogP contribution >= 0.6 is 0 Å². The third kappa shape index (κ3) is 2.49. The molecule has 0 bridgehead atoms. The molecule has 0 aliphatic heterocycles. The number of nitrogens with zero attached hydrogens (tertiary/aromatic N) is 2. The van der Waals surface area contributed by atoms with Crippen LogP contribution in [-0.4, -0.2) is 9.97 Å². The van der Waals surface area contributed by atoms with Gasteiger partial charge in [-0.25, -0.2) is 9.97 Å². The average Bonchev–Trinajstić information content (AvgIpc) is 3.28. The molecular weight excluding hydrogens is 444 g/mol. The number of para-hydroxylation sites is 2. The molecule has 0 N–H and O–H groups in total. The second kappa shape index (κ2) is 6.44. The maximum atomic E-state index is 13.6. The van der Waals surface area contributed by atoms with Crippen molar-refractivity contribution in [1.29, 1.82) is 0 Å². The Morgan fingerprint density at radius 3 is 1.50 bits per heavy atom. The van der Waals surface area contributed by atoms with E-state index in [0.717, 1.165) is 65.5 Å². The van der Waals surface area contributed by atoms with Crippen LogP contribution in [-0.2, 0) is 10.8 Å². The molecule has 176 valence electrons. The number of aromatic nitrogens is 2. The Morgan fingerprint density at radius 2 is 0.944 bits per heavy atom. The summed E-state index contributed by atoms with van der Waals surface area (Å²) in [6, 6.07) is 16.2. The van der Waals surface area contributed by atoms with E-state index in [1.54, 1.807) is 0 Å². The first-order valence-electron chi connectivity index (χ1n) is 12.5. The topological polar surface area (TPSA) is 59.9 Å². The highest BCUT2D eigenvalue weighted by Gasteiger charge is 2.30. The Balaban J connectivity index is 1.89. The van der Waals surface area contributed by atoms with Gasteiger partial charge in [-0.3, -0.25) is 9.59 Å². The summed E-state index contributed by atoms with van der Waals surface area (Å²) in [7, 11) is 0. The van der Waals surface area contributed by atoms with Crippen LogP contribution in [0.4, 0.5) is 0 Å². The molecule has 0 unspecified atom stereocenters. The lowest BCUT2D eigenvalue weighted by molar-refractivity contribution is 0.595. The Labute approximate surface area is 207 Å². The van der Waals surface area contributed by atoms with E-state index in [9.17, 15) is 9.59 Å². The summed E-state index contributed by atoms with van der Waals surface area (Å²) in [5.41, 5.74) is 4.22. The third-order valence-corrected chi connectivity index (χ3v) is 7.77. The maximum Gasteiger partial charge on any atom is 0.234 e. The number of benzene rings is 4. The zero-order valence-electron chi connectivity index (χ0n) is 21.3. The zero-order valence-corrected chi connectivity index (χ0v) is 21.3. The van der Waals surface area contributed by atoms with Crippen molar-refractivity contribution in [2.75, 3.05) is 0 Å². The van der Waals surface area contributed by atoms with Crippen molar-refractivity contribution in [1.82, 2.24) is 9.97 Å². The van der Waals surface area contributed by atoms with Gasteiger partial charge in [0.2, 0.25) is 10.9 Å². The lowest BCUT2D eigenvalue weighted by Gasteiger charge is -2.22. The van der Waals surface area contributed by atoms with Crippen LogP contribution in [0.3, 0.4) is 0 Å². The molecule has 6 aromatic carbocycles. The lowest BCUT2D eigenvalue weighted by atomic mass is 9.81. The number of hydrogen-bond acceptors (Lipinski definition) is 4. The van der Waals surface area contributed by atoms with E-state index in [2.05, 4.69) is 53.7 Å². The molecule has 0 aliphatic rings. The fourth-order valence-electron chi connectivity index (χ4n) is 6.20. The second-order valence-electron chi connectivity index (χ2n) is 12.1. The van der Waals surface area contributed by atoms with Crippen molar-refractivity contribution < 1.29 is 0 Å². The highest BCUT2D eigenvalue weighted by atomic mass is 16.2. The summed E-state index contributed by atoms with van der Waals surface area (Å²) in [5, 5.41) is 6.63. The molecule has 0 spiro atoms. The maximum absolute atomic E-state index is 13.6. The molecule has 0 amide bonds. The molecule has 0 saturated carbocycles. The second-order valence-corrected chi connectivity index (χ2v) is 12.1. The number of fused-ring (bicyclic) bond motifs is 6. The van der Waals surface area contributed by atoms with Gasteiger partial charge in [-0.15, -0.1) is 0 Å². The average molecular weight is 471 g/mol. The van der Waals surface area contributed by atoms with Crippen molar-refractivity contribution in [2.24, 2.45) is 0 Å². The molecule has 1 heterocycles. The first-order valence-corrected chi connectivity index (χ1v) is 12.5. The molecule has 1 aromatic heterocycles. The van der Waals surface area contributed by atoms with E-state index in [0.29, 0.717) is 10.8 Å². The molecule has 0 atom stereocenters. The van der Waals surface area contributed by atoms with Crippen LogP contribution in [0, 0.1) is 0 Å². The first-order chi connectivity index (χ1) is 17.0. The standard InChI is InChI=1S/C32H26N2O2/c1-31(2,3)17-13-12-16-21-23(27-28(25(17)21)34-20-10-8-7-9-19(20)33-27)15-11-14-18(32(4,5)6)26-22(15)24(16)29(35)30(26)36/h7-14H,1-6H3. The quantitative estimate of drug-likeness (QED) is 0.176. The largest absolute Gasteiger partial charge is 0.285 e. The van der Waals surface area contributed by atoms with E-state index in [1.807, 2.05) is 36.4 Å². The van der Waals surface area contributed by atoms with Gasteiger partial charge >= 0.3 is 0 Å². The molecule has 0 saturated heterocycles. The fraction of sp³-hybridized carbons (Fsp3) is 0.250. The van der Waals surface area contributed by atoms with E-state index in [-0.39, 0.29) is 10.8 Å². The summed E-state index contributed by atoms with van der Waals surface area (Å²) in [5.74, 6) is 0. The van der Waals surface area contributed by atoms with Crippen molar-refractivity contribution in [2.45, 2.75) is 52.4 Å². The van der Waals surface area contributed by atoms with Crippen LogP contribution in [0.1, 0.15) is 52.7 Å². The highest BCUT2D eigenvalue weighted by molar-refractivity contribution is 6.42. The Morgan fingerprint density at radius 1 is 0.500 bits per heavy atom. The Hall–Kier alpha value is -3.92. The predicted octanol–water partition coefficient (Wildman–Crippen LogP) is 7.02. The SMILES string of the molecule is CC(C)(C)c1ccc2c3c1c(=O)c(=O)c3c1ccc(C(C)(C)C)c3c4nc5ccccc5nc4c2c13. The normalized spacial score (nSPS) is 13.5. The van der Waals surface area contributed by atoms with Gasteiger partial charge in [0.05, 0.1) is 22.1 Å². The van der Waals surface area contributed by atoms with Gasteiger partial charge in [0.1, 0.15) is 0 Å². The summed E-state index contributed by atoms with van der Waals surface area (Å²) >= 11 is 0. The Kier molecular flexibility index (Phi) is 3.82. The molecule has 0 radical (unpaired) electrons.